The third kappa shape index (κ3) is 4.66. The predicted octanol–water partition coefficient (Wildman–Crippen LogP) is 0.661. The number of nitrogens with one attached hydrogen (secondary N) is 2. The molecule has 0 spiro atoms. The van der Waals surface area contributed by atoms with Crippen molar-refractivity contribution in [3.63, 3.8) is 0 Å². The molecule has 0 aromatic rings. The predicted molar refractivity (Wildman–Crippen MR) is 86.4 cm³/mol. The van der Waals surface area contributed by atoms with Crippen LogP contribution in [0, 0.1) is 0 Å². The summed E-state index contributed by atoms with van der Waals surface area (Å²) in [7, 11) is 0. The molecular weight excluding hydrogens is 264 g/mol. The molecule has 2 saturated heterocycles. The molecular formula is C16H32N4O. The summed E-state index contributed by atoms with van der Waals surface area (Å²) in [6, 6.07) is 0.720. The fraction of sp³-hybridized carbons (Fsp3) is 0.938. The summed E-state index contributed by atoms with van der Waals surface area (Å²) in [5.41, 5.74) is 0. The van der Waals surface area contributed by atoms with E-state index in [-0.39, 0.29) is 11.9 Å². The monoisotopic (exact) mass is 296 g/mol. The maximum Gasteiger partial charge on any atom is 0.237 e. The fourth-order valence-electron chi connectivity index (χ4n) is 3.64. The van der Waals surface area contributed by atoms with Crippen LogP contribution < -0.4 is 10.6 Å². The standard InChI is InChI=1S/C16H32N4O/c1-3-19(4-2)13-11-18-16(21)15-6-5-12-20(15)14-7-9-17-10-8-14/h14-15,17H,3-13H2,1-2H3,(H,18,21). The van der Waals surface area contributed by atoms with Crippen molar-refractivity contribution in [2.75, 3.05) is 45.8 Å². The highest BCUT2D eigenvalue weighted by Crippen LogP contribution is 2.24. The van der Waals surface area contributed by atoms with E-state index in [1.165, 1.54) is 12.8 Å². The van der Waals surface area contributed by atoms with Gasteiger partial charge in [-0.1, -0.05) is 13.8 Å². The van der Waals surface area contributed by atoms with E-state index in [2.05, 4.69) is 34.3 Å². The Morgan fingerprint density at radius 1 is 1.24 bits per heavy atom. The van der Waals surface area contributed by atoms with Crippen molar-refractivity contribution in [3.05, 3.63) is 0 Å². The van der Waals surface area contributed by atoms with Gasteiger partial charge in [0.25, 0.3) is 0 Å². The fourth-order valence-corrected chi connectivity index (χ4v) is 3.64. The quantitative estimate of drug-likeness (QED) is 0.725. The Kier molecular flexibility index (Phi) is 6.93. The zero-order valence-electron chi connectivity index (χ0n) is 13.7. The molecule has 2 rings (SSSR count). The van der Waals surface area contributed by atoms with Crippen molar-refractivity contribution in [1.29, 1.82) is 0 Å². The van der Waals surface area contributed by atoms with Gasteiger partial charge in [-0.3, -0.25) is 9.69 Å². The van der Waals surface area contributed by atoms with Gasteiger partial charge in [0, 0.05) is 19.1 Å². The molecule has 2 N–H and O–H groups in total. The molecule has 0 aliphatic carbocycles. The van der Waals surface area contributed by atoms with Crippen LogP contribution in [-0.2, 0) is 4.79 Å². The Bertz CT molecular complexity index is 313. The number of carbonyl (C=O) groups is 1. The summed E-state index contributed by atoms with van der Waals surface area (Å²) in [6.07, 6.45) is 4.56. The molecule has 0 radical (unpaired) electrons. The van der Waals surface area contributed by atoms with Gasteiger partial charge in [-0.25, -0.2) is 0 Å². The lowest BCUT2D eigenvalue weighted by atomic mass is 10.0. The maximum atomic E-state index is 12.5. The third-order valence-corrected chi connectivity index (χ3v) is 5.00. The molecule has 0 aromatic heterocycles. The number of carbonyl (C=O) groups excluding carboxylic acids is 1. The molecule has 0 saturated carbocycles. The molecule has 5 nitrogen and oxygen atoms in total. The number of amides is 1. The second kappa shape index (κ2) is 8.71. The van der Waals surface area contributed by atoms with Gasteiger partial charge in [0.05, 0.1) is 6.04 Å². The third-order valence-electron chi connectivity index (χ3n) is 5.00. The molecule has 5 heteroatoms. The summed E-state index contributed by atoms with van der Waals surface area (Å²) < 4.78 is 0. The lowest BCUT2D eigenvalue weighted by molar-refractivity contribution is -0.126. The van der Waals surface area contributed by atoms with E-state index in [0.717, 1.165) is 58.7 Å². The van der Waals surface area contributed by atoms with E-state index >= 15 is 0 Å². The Morgan fingerprint density at radius 2 is 1.95 bits per heavy atom. The van der Waals surface area contributed by atoms with Crippen molar-refractivity contribution >= 4 is 5.91 Å². The van der Waals surface area contributed by atoms with E-state index in [9.17, 15) is 4.79 Å². The highest BCUT2D eigenvalue weighted by atomic mass is 16.2. The second-order valence-electron chi connectivity index (χ2n) is 6.19. The van der Waals surface area contributed by atoms with Gasteiger partial charge in [0.15, 0.2) is 0 Å². The number of hydrogen-bond acceptors (Lipinski definition) is 4. The summed E-state index contributed by atoms with van der Waals surface area (Å²) in [5.74, 6) is 0.248. The van der Waals surface area contributed by atoms with Crippen LogP contribution in [0.1, 0.15) is 39.5 Å². The van der Waals surface area contributed by atoms with E-state index in [4.69, 9.17) is 0 Å². The van der Waals surface area contributed by atoms with Crippen LogP contribution in [0.15, 0.2) is 0 Å². The molecule has 21 heavy (non-hydrogen) atoms. The Balaban J connectivity index is 1.77. The van der Waals surface area contributed by atoms with Crippen molar-refractivity contribution in [2.24, 2.45) is 0 Å². The molecule has 2 aliphatic rings. The van der Waals surface area contributed by atoms with Gasteiger partial charge in [-0.05, 0) is 58.4 Å². The van der Waals surface area contributed by atoms with Gasteiger partial charge >= 0.3 is 0 Å². The van der Waals surface area contributed by atoms with Crippen LogP contribution >= 0.6 is 0 Å². The Morgan fingerprint density at radius 3 is 2.62 bits per heavy atom. The lowest BCUT2D eigenvalue weighted by Crippen LogP contribution is -2.51. The van der Waals surface area contributed by atoms with E-state index in [1.54, 1.807) is 0 Å². The van der Waals surface area contributed by atoms with Gasteiger partial charge < -0.3 is 15.5 Å². The first-order valence-corrected chi connectivity index (χ1v) is 8.72. The van der Waals surface area contributed by atoms with Gasteiger partial charge in [-0.2, -0.15) is 0 Å². The number of likely N-dealkylation sites (N-methyl/N-ethyl adjacent to an activating group) is 1. The molecule has 1 unspecified atom stereocenters. The van der Waals surface area contributed by atoms with Gasteiger partial charge in [-0.15, -0.1) is 0 Å². The first-order chi connectivity index (χ1) is 10.3. The van der Waals surface area contributed by atoms with E-state index in [1.807, 2.05) is 0 Å². The van der Waals surface area contributed by atoms with Crippen molar-refractivity contribution < 1.29 is 4.79 Å². The number of nitrogens with zero attached hydrogens (tertiary/aromatic N) is 2. The van der Waals surface area contributed by atoms with Gasteiger partial charge in [0.2, 0.25) is 5.91 Å². The molecule has 2 heterocycles. The average molecular weight is 296 g/mol. The Labute approximate surface area is 129 Å². The van der Waals surface area contributed by atoms with Crippen molar-refractivity contribution in [3.8, 4) is 0 Å². The number of piperidine rings is 1. The van der Waals surface area contributed by atoms with Crippen molar-refractivity contribution in [2.45, 2.75) is 51.6 Å². The summed E-state index contributed by atoms with van der Waals surface area (Å²) in [4.78, 5) is 17.3. The van der Waals surface area contributed by atoms with E-state index < -0.39 is 0 Å². The average Bonchev–Trinajstić information content (AvgIpc) is 3.02. The first-order valence-electron chi connectivity index (χ1n) is 8.72. The summed E-state index contributed by atoms with van der Waals surface area (Å²) in [5, 5.41) is 6.56. The highest BCUT2D eigenvalue weighted by molar-refractivity contribution is 5.82. The Hall–Kier alpha value is -0.650. The minimum Gasteiger partial charge on any atom is -0.353 e. The SMILES string of the molecule is CCN(CC)CCNC(=O)C1CCCN1C1CCNCC1. The summed E-state index contributed by atoms with van der Waals surface area (Å²) >= 11 is 0. The second-order valence-corrected chi connectivity index (χ2v) is 6.19. The van der Waals surface area contributed by atoms with Crippen LogP contribution in [0.2, 0.25) is 0 Å². The first kappa shape index (κ1) is 16.7. The minimum atomic E-state index is 0.116. The number of rotatable bonds is 7. The molecule has 1 atom stereocenters. The largest absolute Gasteiger partial charge is 0.353 e. The summed E-state index contributed by atoms with van der Waals surface area (Å²) in [6.45, 7) is 11.5. The normalized spacial score (nSPS) is 24.6. The molecule has 1 amide bonds. The topological polar surface area (TPSA) is 47.6 Å². The molecule has 2 aliphatic heterocycles. The maximum absolute atomic E-state index is 12.5. The van der Waals surface area contributed by atoms with Crippen LogP contribution in [0.5, 0.6) is 0 Å². The molecule has 0 aromatic carbocycles. The zero-order chi connectivity index (χ0) is 15.1. The van der Waals surface area contributed by atoms with Crippen LogP contribution in [0.4, 0.5) is 0 Å². The zero-order valence-corrected chi connectivity index (χ0v) is 13.7. The van der Waals surface area contributed by atoms with Crippen LogP contribution in [0.25, 0.3) is 0 Å². The van der Waals surface area contributed by atoms with Crippen molar-refractivity contribution in [1.82, 2.24) is 20.4 Å². The molecule has 2 fully saturated rings. The van der Waals surface area contributed by atoms with Crippen LogP contribution in [0.3, 0.4) is 0 Å². The lowest BCUT2D eigenvalue weighted by Gasteiger charge is -2.35. The molecule has 0 bridgehead atoms. The van der Waals surface area contributed by atoms with Gasteiger partial charge in [0.1, 0.15) is 0 Å². The van der Waals surface area contributed by atoms with Crippen LogP contribution in [-0.4, -0.2) is 73.6 Å². The molecule has 122 valence electrons. The number of likely N-dealkylation sites (tertiary alicyclic amines) is 1. The number of hydrogen-bond donors (Lipinski definition) is 2. The highest BCUT2D eigenvalue weighted by Gasteiger charge is 2.35. The minimum absolute atomic E-state index is 0.116. The smallest absolute Gasteiger partial charge is 0.237 e. The van der Waals surface area contributed by atoms with E-state index in [0.29, 0.717) is 6.04 Å².